The number of hydrogen-bond acceptors (Lipinski definition) is 4. The third-order valence-corrected chi connectivity index (χ3v) is 3.81. The number of Topliss-reactive ketones (excluding diaryl/α,β-unsaturated/α-hetero) is 1. The van der Waals surface area contributed by atoms with Crippen LogP contribution in [0.1, 0.15) is 30.1 Å². The van der Waals surface area contributed by atoms with Gasteiger partial charge in [0, 0.05) is 18.5 Å². The standard InChI is InChI=1S/C12H14N2O3S/c1-10(15)11-4-6-12(7-5-11)18(16,17)14-9-3-2-8-13/h4-7,14H,2-3,9H2,1H3. The minimum Gasteiger partial charge on any atom is -0.295 e. The summed E-state index contributed by atoms with van der Waals surface area (Å²) in [6.07, 6.45) is 0.785. The zero-order chi connectivity index (χ0) is 13.6. The summed E-state index contributed by atoms with van der Waals surface area (Å²) in [4.78, 5) is 11.2. The highest BCUT2D eigenvalue weighted by atomic mass is 32.2. The Morgan fingerprint density at radius 3 is 2.44 bits per heavy atom. The first-order valence-electron chi connectivity index (χ1n) is 5.45. The third kappa shape index (κ3) is 3.95. The third-order valence-electron chi connectivity index (χ3n) is 2.33. The first-order chi connectivity index (χ1) is 8.47. The van der Waals surface area contributed by atoms with Crippen LogP contribution >= 0.6 is 0 Å². The van der Waals surface area contributed by atoms with Crippen LogP contribution in [-0.2, 0) is 10.0 Å². The molecule has 0 bridgehead atoms. The minimum absolute atomic E-state index is 0.110. The predicted molar refractivity (Wildman–Crippen MR) is 66.5 cm³/mol. The normalized spacial score (nSPS) is 10.9. The van der Waals surface area contributed by atoms with E-state index in [0.717, 1.165) is 0 Å². The lowest BCUT2D eigenvalue weighted by Gasteiger charge is -2.06. The largest absolute Gasteiger partial charge is 0.295 e. The van der Waals surface area contributed by atoms with Crippen molar-refractivity contribution in [3.63, 3.8) is 0 Å². The predicted octanol–water partition coefficient (Wildman–Crippen LogP) is 1.47. The number of carbonyl (C=O) groups excluding carboxylic acids is 1. The average molecular weight is 266 g/mol. The molecule has 0 aliphatic heterocycles. The number of hydrogen-bond donors (Lipinski definition) is 1. The fourth-order valence-electron chi connectivity index (χ4n) is 1.33. The van der Waals surface area contributed by atoms with Crippen molar-refractivity contribution in [2.45, 2.75) is 24.7 Å². The van der Waals surface area contributed by atoms with E-state index < -0.39 is 10.0 Å². The van der Waals surface area contributed by atoms with E-state index >= 15 is 0 Å². The monoisotopic (exact) mass is 266 g/mol. The molecule has 1 rings (SSSR count). The summed E-state index contributed by atoms with van der Waals surface area (Å²) in [7, 11) is -3.55. The number of unbranched alkanes of at least 4 members (excludes halogenated alkanes) is 1. The van der Waals surface area contributed by atoms with E-state index in [0.29, 0.717) is 18.4 Å². The Labute approximate surface area is 106 Å². The van der Waals surface area contributed by atoms with Gasteiger partial charge in [0.2, 0.25) is 10.0 Å². The van der Waals surface area contributed by atoms with Crippen LogP contribution < -0.4 is 4.72 Å². The molecule has 0 aliphatic rings. The summed E-state index contributed by atoms with van der Waals surface area (Å²) in [6.45, 7) is 1.65. The lowest BCUT2D eigenvalue weighted by Crippen LogP contribution is -2.24. The van der Waals surface area contributed by atoms with Crippen molar-refractivity contribution in [1.82, 2.24) is 4.72 Å². The number of sulfonamides is 1. The molecule has 1 N–H and O–H groups in total. The van der Waals surface area contributed by atoms with Gasteiger partial charge in [-0.3, -0.25) is 4.79 Å². The molecule has 0 spiro atoms. The fraction of sp³-hybridized carbons (Fsp3) is 0.333. The van der Waals surface area contributed by atoms with Gasteiger partial charge in [-0.15, -0.1) is 0 Å². The summed E-state index contributed by atoms with van der Waals surface area (Å²) in [5, 5.41) is 8.34. The molecule has 5 nitrogen and oxygen atoms in total. The first-order valence-corrected chi connectivity index (χ1v) is 6.93. The molecule has 0 unspecified atom stereocenters. The lowest BCUT2D eigenvalue weighted by molar-refractivity contribution is 0.101. The second-order valence-electron chi connectivity index (χ2n) is 3.74. The molecule has 0 fully saturated rings. The Morgan fingerprint density at radius 2 is 1.94 bits per heavy atom. The van der Waals surface area contributed by atoms with Crippen molar-refractivity contribution in [2.75, 3.05) is 6.54 Å². The van der Waals surface area contributed by atoms with E-state index in [1.807, 2.05) is 6.07 Å². The van der Waals surface area contributed by atoms with Crippen molar-refractivity contribution < 1.29 is 13.2 Å². The molecule has 0 radical (unpaired) electrons. The molecule has 0 saturated heterocycles. The molecule has 0 heterocycles. The van der Waals surface area contributed by atoms with E-state index in [-0.39, 0.29) is 17.2 Å². The molecular weight excluding hydrogens is 252 g/mol. The zero-order valence-electron chi connectivity index (χ0n) is 10.0. The number of nitrogens with zero attached hydrogens (tertiary/aromatic N) is 1. The van der Waals surface area contributed by atoms with Crippen molar-refractivity contribution in [3.8, 4) is 6.07 Å². The minimum atomic E-state index is -3.55. The summed E-state index contributed by atoms with van der Waals surface area (Å²) in [5.41, 5.74) is 0.471. The highest BCUT2D eigenvalue weighted by Gasteiger charge is 2.13. The van der Waals surface area contributed by atoms with Crippen LogP contribution in [0.4, 0.5) is 0 Å². The number of benzene rings is 1. The average Bonchev–Trinajstić information content (AvgIpc) is 2.35. The SMILES string of the molecule is CC(=O)c1ccc(S(=O)(=O)NCCCC#N)cc1. The molecule has 1 aromatic carbocycles. The van der Waals surface area contributed by atoms with Crippen molar-refractivity contribution in [2.24, 2.45) is 0 Å². The zero-order valence-corrected chi connectivity index (χ0v) is 10.8. The number of nitriles is 1. The van der Waals surface area contributed by atoms with Crippen LogP contribution in [0.3, 0.4) is 0 Å². The summed E-state index contributed by atoms with van der Waals surface area (Å²) >= 11 is 0. The molecule has 0 aliphatic carbocycles. The maximum Gasteiger partial charge on any atom is 0.240 e. The van der Waals surface area contributed by atoms with Crippen LogP contribution in [0.15, 0.2) is 29.2 Å². The van der Waals surface area contributed by atoms with E-state index in [2.05, 4.69) is 4.72 Å². The van der Waals surface area contributed by atoms with Crippen LogP contribution in [0, 0.1) is 11.3 Å². The van der Waals surface area contributed by atoms with Gasteiger partial charge in [0.05, 0.1) is 11.0 Å². The number of nitrogens with one attached hydrogen (secondary N) is 1. The number of ketones is 1. The van der Waals surface area contributed by atoms with Crippen LogP contribution in [0.2, 0.25) is 0 Å². The van der Waals surface area contributed by atoms with Gasteiger partial charge in [-0.2, -0.15) is 5.26 Å². The van der Waals surface area contributed by atoms with E-state index in [1.165, 1.54) is 31.2 Å². The van der Waals surface area contributed by atoms with Gasteiger partial charge in [0.25, 0.3) is 0 Å². The smallest absolute Gasteiger partial charge is 0.240 e. The lowest BCUT2D eigenvalue weighted by atomic mass is 10.2. The summed E-state index contributed by atoms with van der Waals surface area (Å²) in [5.74, 6) is -0.110. The van der Waals surface area contributed by atoms with Crippen molar-refractivity contribution in [3.05, 3.63) is 29.8 Å². The second kappa shape index (κ2) is 6.28. The fourth-order valence-corrected chi connectivity index (χ4v) is 2.40. The summed E-state index contributed by atoms with van der Waals surface area (Å²) in [6, 6.07) is 7.68. The molecule has 96 valence electrons. The Balaban J connectivity index is 2.73. The van der Waals surface area contributed by atoms with Crippen LogP contribution in [0.5, 0.6) is 0 Å². The Hall–Kier alpha value is -1.71. The van der Waals surface area contributed by atoms with Crippen LogP contribution in [0.25, 0.3) is 0 Å². The quantitative estimate of drug-likeness (QED) is 0.624. The number of carbonyl (C=O) groups is 1. The molecular formula is C12H14N2O3S. The Morgan fingerprint density at radius 1 is 1.33 bits per heavy atom. The van der Waals surface area contributed by atoms with Gasteiger partial charge in [-0.1, -0.05) is 12.1 Å². The van der Waals surface area contributed by atoms with Gasteiger partial charge in [-0.25, -0.2) is 13.1 Å². The first kappa shape index (κ1) is 14.4. The van der Waals surface area contributed by atoms with E-state index in [4.69, 9.17) is 5.26 Å². The highest BCUT2D eigenvalue weighted by Crippen LogP contribution is 2.10. The Bertz CT molecular complexity index is 556. The van der Waals surface area contributed by atoms with E-state index in [1.54, 1.807) is 0 Å². The van der Waals surface area contributed by atoms with Gasteiger partial charge in [0.1, 0.15) is 0 Å². The molecule has 0 saturated carbocycles. The molecule has 6 heteroatoms. The highest BCUT2D eigenvalue weighted by molar-refractivity contribution is 7.89. The van der Waals surface area contributed by atoms with Crippen molar-refractivity contribution in [1.29, 1.82) is 5.26 Å². The van der Waals surface area contributed by atoms with Gasteiger partial charge < -0.3 is 0 Å². The van der Waals surface area contributed by atoms with Crippen molar-refractivity contribution >= 4 is 15.8 Å². The van der Waals surface area contributed by atoms with Gasteiger partial charge in [0.15, 0.2) is 5.78 Å². The topological polar surface area (TPSA) is 87.0 Å². The molecule has 0 aromatic heterocycles. The maximum absolute atomic E-state index is 11.8. The van der Waals surface area contributed by atoms with E-state index in [9.17, 15) is 13.2 Å². The molecule has 1 aromatic rings. The van der Waals surface area contributed by atoms with Gasteiger partial charge >= 0.3 is 0 Å². The molecule has 0 amide bonds. The summed E-state index contributed by atoms with van der Waals surface area (Å²) < 4.78 is 26.0. The van der Waals surface area contributed by atoms with Crippen LogP contribution in [-0.4, -0.2) is 20.7 Å². The second-order valence-corrected chi connectivity index (χ2v) is 5.51. The molecule has 18 heavy (non-hydrogen) atoms. The van der Waals surface area contributed by atoms with Gasteiger partial charge in [-0.05, 0) is 25.5 Å². The number of rotatable bonds is 6. The molecule has 0 atom stereocenters. The Kier molecular flexibility index (Phi) is 5.01. The maximum atomic E-state index is 11.8.